The number of carbonyl (C=O) groups excluding carboxylic acids is 2. The monoisotopic (exact) mass is 301 g/mol. The minimum Gasteiger partial charge on any atom is -0.283 e. The van der Waals surface area contributed by atoms with Gasteiger partial charge in [-0.25, -0.2) is 0 Å². The number of ketones is 1. The molecule has 0 fully saturated rings. The lowest BCUT2D eigenvalue weighted by Gasteiger charge is -2.30. The number of anilines is 1. The Kier molecular flexibility index (Phi) is 3.40. The minimum absolute atomic E-state index is 0.0220. The number of para-hydroxylation sites is 1. The van der Waals surface area contributed by atoms with E-state index in [1.54, 1.807) is 42.5 Å². The fourth-order valence-corrected chi connectivity index (χ4v) is 2.74. The molecule has 1 heterocycles. The zero-order valence-corrected chi connectivity index (χ0v) is 12.1. The molecular formula is C18H11N3O2. The van der Waals surface area contributed by atoms with Crippen LogP contribution in [0.2, 0.25) is 0 Å². The second-order valence-corrected chi connectivity index (χ2v) is 5.23. The predicted molar refractivity (Wildman–Crippen MR) is 82.4 cm³/mol. The van der Waals surface area contributed by atoms with Crippen LogP contribution in [0.5, 0.6) is 0 Å². The summed E-state index contributed by atoms with van der Waals surface area (Å²) in [5, 5.41) is 19.3. The fraction of sp³-hybridized carbons (Fsp3) is 0.111. The molecule has 110 valence electrons. The van der Waals surface area contributed by atoms with Crippen LogP contribution in [0, 0.1) is 22.7 Å². The second kappa shape index (κ2) is 5.40. The van der Waals surface area contributed by atoms with Crippen LogP contribution in [0.3, 0.4) is 0 Å². The number of hydrogen-bond donors (Lipinski definition) is 0. The highest BCUT2D eigenvalue weighted by atomic mass is 16.2. The average molecular weight is 301 g/mol. The van der Waals surface area contributed by atoms with Crippen molar-refractivity contribution in [3.63, 3.8) is 0 Å². The highest BCUT2D eigenvalue weighted by Gasteiger charge is 2.49. The number of fused-ring (bicyclic) bond motifs is 1. The lowest BCUT2D eigenvalue weighted by molar-refractivity contribution is -0.114. The molecule has 5 nitrogen and oxygen atoms in total. The van der Waals surface area contributed by atoms with Gasteiger partial charge in [0.25, 0.3) is 5.78 Å². The minimum atomic E-state index is -1.76. The lowest BCUT2D eigenvalue weighted by atomic mass is 9.91. The van der Waals surface area contributed by atoms with Gasteiger partial charge in [-0.2, -0.15) is 10.5 Å². The van der Waals surface area contributed by atoms with Crippen LogP contribution >= 0.6 is 0 Å². The Morgan fingerprint density at radius 2 is 1.52 bits per heavy atom. The summed E-state index contributed by atoms with van der Waals surface area (Å²) in [6, 6.07) is 19.2. The van der Waals surface area contributed by atoms with E-state index >= 15 is 0 Å². The van der Waals surface area contributed by atoms with Crippen molar-refractivity contribution in [3.05, 3.63) is 65.7 Å². The van der Waals surface area contributed by atoms with Crippen molar-refractivity contribution in [1.29, 1.82) is 10.5 Å². The number of carbonyl (C=O) groups is 2. The molecule has 1 aliphatic rings. The first-order valence-electron chi connectivity index (χ1n) is 6.97. The molecule has 0 N–H and O–H groups in total. The van der Waals surface area contributed by atoms with E-state index in [1.807, 2.05) is 18.2 Å². The number of benzene rings is 2. The summed E-state index contributed by atoms with van der Waals surface area (Å²) < 4.78 is 0. The summed E-state index contributed by atoms with van der Waals surface area (Å²) in [4.78, 5) is 25.5. The van der Waals surface area contributed by atoms with Crippen LogP contribution < -0.4 is 4.90 Å². The van der Waals surface area contributed by atoms with Crippen molar-refractivity contribution in [2.24, 2.45) is 0 Å². The Bertz CT molecular complexity index is 861. The standard InChI is InChI=1S/C18H11N3O2/c19-11-18(12-20,10-13-6-2-1-3-7-13)21-15-9-5-4-8-14(15)16(22)17(21)23/h1-9H,10H2. The van der Waals surface area contributed by atoms with Gasteiger partial charge in [-0.05, 0) is 17.7 Å². The largest absolute Gasteiger partial charge is 0.301 e. The summed E-state index contributed by atoms with van der Waals surface area (Å²) >= 11 is 0. The van der Waals surface area contributed by atoms with Gasteiger partial charge in [0.15, 0.2) is 0 Å². The van der Waals surface area contributed by atoms with Crippen molar-refractivity contribution in [3.8, 4) is 12.1 Å². The highest BCUT2D eigenvalue weighted by molar-refractivity contribution is 6.52. The van der Waals surface area contributed by atoms with Crippen molar-refractivity contribution < 1.29 is 9.59 Å². The molecule has 0 spiro atoms. The Morgan fingerprint density at radius 3 is 2.17 bits per heavy atom. The third-order valence-electron chi connectivity index (χ3n) is 3.84. The van der Waals surface area contributed by atoms with Crippen LogP contribution in [0.15, 0.2) is 54.6 Å². The van der Waals surface area contributed by atoms with Gasteiger partial charge in [0.2, 0.25) is 5.54 Å². The van der Waals surface area contributed by atoms with Gasteiger partial charge in [0.1, 0.15) is 12.1 Å². The van der Waals surface area contributed by atoms with Crippen molar-refractivity contribution >= 4 is 17.4 Å². The normalized spacial score (nSPS) is 13.4. The molecular weight excluding hydrogens is 290 g/mol. The first kappa shape index (κ1) is 14.5. The van der Waals surface area contributed by atoms with Gasteiger partial charge in [-0.15, -0.1) is 0 Å². The van der Waals surface area contributed by atoms with Crippen molar-refractivity contribution in [1.82, 2.24) is 0 Å². The molecule has 2 aromatic rings. The molecule has 0 aliphatic carbocycles. The maximum absolute atomic E-state index is 12.4. The molecule has 1 amide bonds. The Hall–Kier alpha value is -3.44. The van der Waals surface area contributed by atoms with Crippen molar-refractivity contribution in [2.75, 3.05) is 4.90 Å². The first-order valence-corrected chi connectivity index (χ1v) is 6.97. The van der Waals surface area contributed by atoms with E-state index in [-0.39, 0.29) is 12.0 Å². The molecule has 1 aliphatic heterocycles. The SMILES string of the molecule is N#CC(C#N)(Cc1ccccc1)N1C(=O)C(=O)c2ccccc21. The number of amides is 1. The highest BCUT2D eigenvalue weighted by Crippen LogP contribution is 2.35. The Labute approximate surface area is 133 Å². The summed E-state index contributed by atoms with van der Waals surface area (Å²) in [5.74, 6) is -1.53. The maximum atomic E-state index is 12.4. The van der Waals surface area contributed by atoms with Gasteiger partial charge in [-0.3, -0.25) is 14.5 Å². The molecule has 0 atom stereocenters. The van der Waals surface area contributed by atoms with Gasteiger partial charge < -0.3 is 0 Å². The average Bonchev–Trinajstić information content (AvgIpc) is 2.86. The Morgan fingerprint density at radius 1 is 0.913 bits per heavy atom. The van der Waals surface area contributed by atoms with E-state index in [0.717, 1.165) is 10.5 Å². The number of Topliss-reactive ketones (excluding diaryl/α,β-unsaturated/α-hetero) is 1. The molecule has 0 saturated heterocycles. The first-order chi connectivity index (χ1) is 11.1. The summed E-state index contributed by atoms with van der Waals surface area (Å²) in [7, 11) is 0. The molecule has 0 unspecified atom stereocenters. The molecule has 3 rings (SSSR count). The zero-order chi connectivity index (χ0) is 16.4. The third kappa shape index (κ3) is 2.16. The van der Waals surface area contributed by atoms with Gasteiger partial charge >= 0.3 is 5.91 Å². The Balaban J connectivity index is 2.13. The van der Waals surface area contributed by atoms with E-state index in [4.69, 9.17) is 0 Å². The van der Waals surface area contributed by atoms with Gasteiger partial charge in [0, 0.05) is 6.42 Å². The van der Waals surface area contributed by atoms with Crippen LogP contribution in [0.25, 0.3) is 0 Å². The zero-order valence-electron chi connectivity index (χ0n) is 12.1. The number of hydrogen-bond acceptors (Lipinski definition) is 4. The van der Waals surface area contributed by atoms with Crippen LogP contribution in [0.4, 0.5) is 5.69 Å². The van der Waals surface area contributed by atoms with E-state index in [2.05, 4.69) is 0 Å². The predicted octanol–water partition coefficient (Wildman–Crippen LogP) is 2.24. The quantitative estimate of drug-likeness (QED) is 0.814. The molecule has 2 aromatic carbocycles. The van der Waals surface area contributed by atoms with E-state index in [1.165, 1.54) is 6.07 Å². The molecule has 5 heteroatoms. The third-order valence-corrected chi connectivity index (χ3v) is 3.84. The number of nitrogens with zero attached hydrogens (tertiary/aromatic N) is 3. The van der Waals surface area contributed by atoms with Gasteiger partial charge in [-0.1, -0.05) is 42.5 Å². The summed E-state index contributed by atoms with van der Waals surface area (Å²) in [6.45, 7) is 0. The van der Waals surface area contributed by atoms with E-state index in [0.29, 0.717) is 5.69 Å². The summed E-state index contributed by atoms with van der Waals surface area (Å²) in [6.07, 6.45) is 0.0220. The molecule has 0 aromatic heterocycles. The fourth-order valence-electron chi connectivity index (χ4n) is 2.74. The number of rotatable bonds is 3. The number of nitriles is 2. The maximum Gasteiger partial charge on any atom is 0.301 e. The van der Waals surface area contributed by atoms with E-state index < -0.39 is 17.2 Å². The van der Waals surface area contributed by atoms with Crippen LogP contribution in [-0.4, -0.2) is 17.2 Å². The lowest BCUT2D eigenvalue weighted by Crippen LogP contribution is -2.51. The van der Waals surface area contributed by atoms with Gasteiger partial charge in [0.05, 0.1) is 11.3 Å². The van der Waals surface area contributed by atoms with Crippen molar-refractivity contribution in [2.45, 2.75) is 12.0 Å². The molecule has 23 heavy (non-hydrogen) atoms. The van der Waals surface area contributed by atoms with E-state index in [9.17, 15) is 20.1 Å². The molecule has 0 saturated carbocycles. The van der Waals surface area contributed by atoms with Crippen LogP contribution in [0.1, 0.15) is 15.9 Å². The molecule has 0 bridgehead atoms. The molecule has 0 radical (unpaired) electrons. The topological polar surface area (TPSA) is 85.0 Å². The smallest absolute Gasteiger partial charge is 0.283 e. The second-order valence-electron chi connectivity index (χ2n) is 5.23. The summed E-state index contributed by atoms with van der Waals surface area (Å²) in [5.41, 5.74) is -0.497. The van der Waals surface area contributed by atoms with Crippen LogP contribution in [-0.2, 0) is 11.2 Å².